The number of hydrogen-bond donors (Lipinski definition) is 3. The van der Waals surface area contributed by atoms with Gasteiger partial charge < -0.3 is 15.9 Å². The van der Waals surface area contributed by atoms with Gasteiger partial charge in [0.15, 0.2) is 0 Å². The van der Waals surface area contributed by atoms with E-state index in [0.717, 1.165) is 6.42 Å². The molecule has 0 heterocycles. The van der Waals surface area contributed by atoms with Crippen molar-refractivity contribution in [3.63, 3.8) is 0 Å². The number of nitrogens with two attached hydrogens (primary N) is 1. The van der Waals surface area contributed by atoms with Crippen LogP contribution in [0.5, 0.6) is 0 Å². The molecule has 0 aromatic carbocycles. The van der Waals surface area contributed by atoms with E-state index >= 15 is 0 Å². The fourth-order valence-corrected chi connectivity index (χ4v) is 1.34. The van der Waals surface area contributed by atoms with Crippen LogP contribution in [0, 0.1) is 5.92 Å². The lowest BCUT2D eigenvalue weighted by Crippen LogP contribution is -2.16. The van der Waals surface area contributed by atoms with Crippen LogP contribution in [0.25, 0.3) is 0 Å². The molecule has 4 N–H and O–H groups in total. The van der Waals surface area contributed by atoms with Gasteiger partial charge in [0.05, 0.1) is 6.10 Å². The Morgan fingerprint density at radius 1 is 1.40 bits per heavy atom. The highest BCUT2D eigenvalue weighted by Gasteiger charge is 2.29. The summed E-state index contributed by atoms with van der Waals surface area (Å²) in [4.78, 5) is 0. The summed E-state index contributed by atoms with van der Waals surface area (Å²) in [6, 6.07) is 0.0946. The van der Waals surface area contributed by atoms with Crippen LogP contribution in [0.3, 0.4) is 0 Å². The Labute approximate surface area is 66.6 Å². The molecule has 1 saturated carbocycles. The number of hydrogen-bond acceptors (Lipinski definition) is 3. The molecule has 10 heavy (non-hydrogen) atoms. The van der Waals surface area contributed by atoms with Crippen molar-refractivity contribution in [2.24, 2.45) is 11.7 Å². The number of aliphatic hydroxyl groups excluding tert-OH is 2. The summed E-state index contributed by atoms with van der Waals surface area (Å²) < 4.78 is 0. The molecule has 0 bridgehead atoms. The summed E-state index contributed by atoms with van der Waals surface area (Å²) in [7, 11) is 0. The molecule has 0 spiro atoms. The number of halogens is 1. The molecule has 4 heteroatoms. The molecule has 1 aliphatic rings. The van der Waals surface area contributed by atoms with Crippen molar-refractivity contribution in [2.45, 2.75) is 25.0 Å². The van der Waals surface area contributed by atoms with Gasteiger partial charge in [-0.3, -0.25) is 0 Å². The van der Waals surface area contributed by atoms with E-state index < -0.39 is 0 Å². The van der Waals surface area contributed by atoms with Crippen LogP contribution in [-0.4, -0.2) is 29.0 Å². The first-order chi connectivity index (χ1) is 4.24. The molecule has 0 saturated heterocycles. The summed E-state index contributed by atoms with van der Waals surface area (Å²) in [6.45, 7) is 0.0644. The molecular formula is C6H14ClNO2. The van der Waals surface area contributed by atoms with E-state index in [1.165, 1.54) is 0 Å². The molecule has 0 aromatic heterocycles. The molecule has 1 rings (SSSR count). The Morgan fingerprint density at radius 3 is 2.20 bits per heavy atom. The molecule has 1 aliphatic carbocycles. The summed E-state index contributed by atoms with van der Waals surface area (Å²) in [5.41, 5.74) is 5.52. The van der Waals surface area contributed by atoms with Crippen LogP contribution in [0.15, 0.2) is 0 Å². The van der Waals surface area contributed by atoms with Gasteiger partial charge in [-0.1, -0.05) is 0 Å². The van der Waals surface area contributed by atoms with Gasteiger partial charge in [-0.05, 0) is 12.8 Å². The maximum atomic E-state index is 9.12. The second-order valence-electron chi connectivity index (χ2n) is 2.74. The average Bonchev–Trinajstić information content (AvgIpc) is 2.10. The number of aliphatic hydroxyl groups is 2. The van der Waals surface area contributed by atoms with Gasteiger partial charge in [-0.2, -0.15) is 0 Å². The summed E-state index contributed by atoms with van der Waals surface area (Å²) >= 11 is 0. The molecule has 0 amide bonds. The lowest BCUT2D eigenvalue weighted by Gasteiger charge is -2.08. The smallest absolute Gasteiger partial charge is 0.0605 e. The lowest BCUT2D eigenvalue weighted by atomic mass is 10.1. The van der Waals surface area contributed by atoms with Gasteiger partial charge in [0, 0.05) is 18.6 Å². The van der Waals surface area contributed by atoms with Crippen molar-refractivity contribution in [2.75, 3.05) is 6.61 Å². The van der Waals surface area contributed by atoms with E-state index in [0.29, 0.717) is 6.42 Å². The molecule has 3 atom stereocenters. The van der Waals surface area contributed by atoms with Gasteiger partial charge in [-0.15, -0.1) is 12.4 Å². The minimum absolute atomic E-state index is 0. The van der Waals surface area contributed by atoms with Crippen molar-refractivity contribution in [1.29, 1.82) is 0 Å². The molecule has 0 radical (unpaired) electrons. The summed E-state index contributed by atoms with van der Waals surface area (Å²) in [5, 5.41) is 17.8. The monoisotopic (exact) mass is 167 g/mol. The lowest BCUT2D eigenvalue weighted by molar-refractivity contribution is 0.0908. The fraction of sp³-hybridized carbons (Fsp3) is 1.00. The van der Waals surface area contributed by atoms with Gasteiger partial charge in [-0.25, -0.2) is 0 Å². The first kappa shape index (κ1) is 10.2. The van der Waals surface area contributed by atoms with E-state index in [9.17, 15) is 0 Å². The normalized spacial score (nSPS) is 39.3. The maximum absolute atomic E-state index is 9.12. The molecule has 3 unspecified atom stereocenters. The minimum Gasteiger partial charge on any atom is -0.396 e. The van der Waals surface area contributed by atoms with Crippen LogP contribution in [0.1, 0.15) is 12.8 Å². The van der Waals surface area contributed by atoms with Crippen molar-refractivity contribution >= 4 is 12.4 Å². The summed E-state index contributed by atoms with van der Waals surface area (Å²) in [5.74, 6) is 0.0278. The van der Waals surface area contributed by atoms with Crippen LogP contribution in [-0.2, 0) is 0 Å². The van der Waals surface area contributed by atoms with E-state index in [1.54, 1.807) is 0 Å². The maximum Gasteiger partial charge on any atom is 0.0605 e. The molecule has 1 fully saturated rings. The van der Waals surface area contributed by atoms with Crippen LogP contribution in [0.4, 0.5) is 0 Å². The van der Waals surface area contributed by atoms with Crippen molar-refractivity contribution in [3.8, 4) is 0 Å². The van der Waals surface area contributed by atoms with E-state index in [2.05, 4.69) is 0 Å². The average molecular weight is 168 g/mol. The van der Waals surface area contributed by atoms with Gasteiger partial charge >= 0.3 is 0 Å². The van der Waals surface area contributed by atoms with Gasteiger partial charge in [0.1, 0.15) is 0 Å². The Bertz CT molecular complexity index is 102. The fourth-order valence-electron chi connectivity index (χ4n) is 1.34. The SMILES string of the molecule is Cl.NC1CC(O)C(CO)C1. The Hall–Kier alpha value is 0.170. The van der Waals surface area contributed by atoms with E-state index in [1.807, 2.05) is 0 Å². The molecule has 62 valence electrons. The standard InChI is InChI=1S/C6H13NO2.ClH/c7-5-1-4(3-8)6(9)2-5;/h4-6,8-9H,1-3,7H2;1H. The Morgan fingerprint density at radius 2 is 2.00 bits per heavy atom. The second kappa shape index (κ2) is 4.13. The topological polar surface area (TPSA) is 66.5 Å². The highest BCUT2D eigenvalue weighted by molar-refractivity contribution is 5.85. The first-order valence-electron chi connectivity index (χ1n) is 3.28. The molecule has 0 aliphatic heterocycles. The quantitative estimate of drug-likeness (QED) is 0.493. The highest BCUT2D eigenvalue weighted by Crippen LogP contribution is 2.23. The largest absolute Gasteiger partial charge is 0.396 e. The Balaban J connectivity index is 0.000000810. The highest BCUT2D eigenvalue weighted by atomic mass is 35.5. The second-order valence-corrected chi connectivity index (χ2v) is 2.74. The van der Waals surface area contributed by atoms with Crippen LogP contribution >= 0.6 is 12.4 Å². The third kappa shape index (κ3) is 2.09. The Kier molecular flexibility index (Phi) is 4.20. The zero-order valence-electron chi connectivity index (χ0n) is 5.73. The first-order valence-corrected chi connectivity index (χ1v) is 3.28. The number of rotatable bonds is 1. The van der Waals surface area contributed by atoms with Crippen molar-refractivity contribution in [1.82, 2.24) is 0 Å². The zero-order valence-corrected chi connectivity index (χ0v) is 6.55. The minimum atomic E-state index is -0.370. The molecule has 3 nitrogen and oxygen atoms in total. The van der Waals surface area contributed by atoms with Crippen molar-refractivity contribution in [3.05, 3.63) is 0 Å². The molecular weight excluding hydrogens is 154 g/mol. The van der Waals surface area contributed by atoms with E-state index in [4.69, 9.17) is 15.9 Å². The van der Waals surface area contributed by atoms with E-state index in [-0.39, 0.29) is 37.1 Å². The van der Waals surface area contributed by atoms with Crippen LogP contribution in [0.2, 0.25) is 0 Å². The van der Waals surface area contributed by atoms with Crippen LogP contribution < -0.4 is 5.73 Å². The van der Waals surface area contributed by atoms with Gasteiger partial charge in [0.2, 0.25) is 0 Å². The van der Waals surface area contributed by atoms with Gasteiger partial charge in [0.25, 0.3) is 0 Å². The molecule has 0 aromatic rings. The third-order valence-corrected chi connectivity index (χ3v) is 1.93. The third-order valence-electron chi connectivity index (χ3n) is 1.93. The summed E-state index contributed by atoms with van der Waals surface area (Å²) in [6.07, 6.45) is 1.04. The van der Waals surface area contributed by atoms with Crippen molar-refractivity contribution < 1.29 is 10.2 Å². The zero-order chi connectivity index (χ0) is 6.85. The predicted octanol–water partition coefficient (Wildman–Crippen LogP) is -0.501. The predicted molar refractivity (Wildman–Crippen MR) is 41.0 cm³/mol.